The van der Waals surface area contributed by atoms with Gasteiger partial charge in [0.15, 0.2) is 11.0 Å². The lowest BCUT2D eigenvalue weighted by atomic mass is 10.0. The van der Waals surface area contributed by atoms with Crippen molar-refractivity contribution in [2.24, 2.45) is 5.92 Å². The van der Waals surface area contributed by atoms with Gasteiger partial charge in [-0.2, -0.15) is 0 Å². The molecule has 1 atom stereocenters. The summed E-state index contributed by atoms with van der Waals surface area (Å²) in [4.78, 5) is 25.2. The van der Waals surface area contributed by atoms with E-state index in [0.717, 1.165) is 5.69 Å². The highest BCUT2D eigenvalue weighted by Crippen LogP contribution is 2.25. The van der Waals surface area contributed by atoms with Gasteiger partial charge in [0.1, 0.15) is 0 Å². The standard InChI is InChI=1S/C25H29N5O2S/c1-4-15-30-23(21(16-18(2)3)27-24(32)19-11-7-5-8-12-19)28-29-25(30)33-17-22(31)26-20-13-9-6-10-14-20/h4-14,18,21H,1,15-17H2,2-3H3,(H,26,31)(H,27,32). The maximum absolute atomic E-state index is 12.8. The molecule has 0 aliphatic rings. The van der Waals surface area contributed by atoms with Crippen LogP contribution in [0.4, 0.5) is 5.69 Å². The summed E-state index contributed by atoms with van der Waals surface area (Å²) in [6.45, 7) is 8.51. The molecule has 8 heteroatoms. The average Bonchev–Trinajstić information content (AvgIpc) is 3.21. The third-order valence-corrected chi connectivity index (χ3v) is 5.77. The van der Waals surface area contributed by atoms with Crippen LogP contribution in [0.5, 0.6) is 0 Å². The number of hydrogen-bond acceptors (Lipinski definition) is 5. The molecule has 3 aromatic rings. The Labute approximate surface area is 198 Å². The summed E-state index contributed by atoms with van der Waals surface area (Å²) >= 11 is 1.30. The summed E-state index contributed by atoms with van der Waals surface area (Å²) in [5, 5.41) is 15.3. The van der Waals surface area contributed by atoms with Crippen molar-refractivity contribution in [3.63, 3.8) is 0 Å². The number of rotatable bonds is 11. The molecule has 1 heterocycles. The molecule has 1 aromatic heterocycles. The van der Waals surface area contributed by atoms with E-state index in [-0.39, 0.29) is 23.6 Å². The fraction of sp³-hybridized carbons (Fsp3) is 0.280. The Kier molecular flexibility index (Phi) is 8.83. The number of anilines is 1. The van der Waals surface area contributed by atoms with Crippen LogP contribution < -0.4 is 10.6 Å². The first-order valence-corrected chi connectivity index (χ1v) is 11.8. The number of benzene rings is 2. The smallest absolute Gasteiger partial charge is 0.251 e. The first-order chi connectivity index (χ1) is 16.0. The van der Waals surface area contributed by atoms with Gasteiger partial charge in [-0.3, -0.25) is 9.59 Å². The number of nitrogens with zero attached hydrogens (tertiary/aromatic N) is 3. The minimum absolute atomic E-state index is 0.128. The van der Waals surface area contributed by atoms with E-state index < -0.39 is 0 Å². The summed E-state index contributed by atoms with van der Waals surface area (Å²) in [6.07, 6.45) is 2.46. The number of carbonyl (C=O) groups excluding carboxylic acids is 2. The Bertz CT molecular complexity index is 1070. The molecule has 2 amide bonds. The zero-order valence-electron chi connectivity index (χ0n) is 18.9. The second kappa shape index (κ2) is 12.0. The van der Waals surface area contributed by atoms with Crippen molar-refractivity contribution in [1.82, 2.24) is 20.1 Å². The first-order valence-electron chi connectivity index (χ1n) is 10.9. The van der Waals surface area contributed by atoms with Crippen molar-refractivity contribution in [1.29, 1.82) is 0 Å². The van der Waals surface area contributed by atoms with Crippen molar-refractivity contribution < 1.29 is 9.59 Å². The molecule has 172 valence electrons. The summed E-state index contributed by atoms with van der Waals surface area (Å²) in [5.41, 5.74) is 1.34. The zero-order chi connectivity index (χ0) is 23.6. The lowest BCUT2D eigenvalue weighted by Gasteiger charge is -2.21. The third-order valence-electron chi connectivity index (χ3n) is 4.81. The quantitative estimate of drug-likeness (QED) is 0.317. The monoisotopic (exact) mass is 463 g/mol. The van der Waals surface area contributed by atoms with E-state index in [1.54, 1.807) is 18.2 Å². The molecule has 2 aromatic carbocycles. The highest BCUT2D eigenvalue weighted by molar-refractivity contribution is 7.99. The van der Waals surface area contributed by atoms with Crippen molar-refractivity contribution in [2.45, 2.75) is 38.0 Å². The van der Waals surface area contributed by atoms with Gasteiger partial charge in [-0.15, -0.1) is 16.8 Å². The van der Waals surface area contributed by atoms with Gasteiger partial charge < -0.3 is 15.2 Å². The van der Waals surface area contributed by atoms with E-state index in [1.807, 2.05) is 53.1 Å². The molecule has 2 N–H and O–H groups in total. The van der Waals surface area contributed by atoms with Crippen LogP contribution in [0.15, 0.2) is 78.5 Å². The van der Waals surface area contributed by atoms with Gasteiger partial charge in [-0.05, 0) is 36.6 Å². The molecule has 0 aliphatic carbocycles. The maximum Gasteiger partial charge on any atom is 0.251 e. The van der Waals surface area contributed by atoms with Crippen LogP contribution >= 0.6 is 11.8 Å². The first kappa shape index (κ1) is 24.3. The largest absolute Gasteiger partial charge is 0.342 e. The Morgan fingerprint density at radius 2 is 1.73 bits per heavy atom. The number of carbonyl (C=O) groups is 2. The number of nitrogens with one attached hydrogen (secondary N) is 2. The zero-order valence-corrected chi connectivity index (χ0v) is 19.7. The molecule has 0 fully saturated rings. The average molecular weight is 464 g/mol. The van der Waals surface area contributed by atoms with Crippen LogP contribution in [-0.4, -0.2) is 32.3 Å². The molecule has 0 saturated carbocycles. The molecule has 7 nitrogen and oxygen atoms in total. The number of amides is 2. The summed E-state index contributed by atoms with van der Waals surface area (Å²) in [6, 6.07) is 18.1. The van der Waals surface area contributed by atoms with Crippen LogP contribution in [0.25, 0.3) is 0 Å². The lowest BCUT2D eigenvalue weighted by Crippen LogP contribution is -2.31. The summed E-state index contributed by atoms with van der Waals surface area (Å²) in [5.74, 6) is 0.879. The fourth-order valence-electron chi connectivity index (χ4n) is 3.35. The van der Waals surface area contributed by atoms with Gasteiger partial charge in [0.25, 0.3) is 5.91 Å². The van der Waals surface area contributed by atoms with E-state index in [1.165, 1.54) is 11.8 Å². The molecule has 0 spiro atoms. The molecule has 33 heavy (non-hydrogen) atoms. The second-order valence-electron chi connectivity index (χ2n) is 7.96. The number of para-hydroxylation sites is 1. The number of aromatic nitrogens is 3. The number of hydrogen-bond donors (Lipinski definition) is 2. The lowest BCUT2D eigenvalue weighted by molar-refractivity contribution is -0.113. The number of thioether (sulfide) groups is 1. The van der Waals surface area contributed by atoms with Crippen molar-refractivity contribution in [2.75, 3.05) is 11.1 Å². The highest BCUT2D eigenvalue weighted by atomic mass is 32.2. The summed E-state index contributed by atoms with van der Waals surface area (Å²) in [7, 11) is 0. The molecule has 1 unspecified atom stereocenters. The Balaban J connectivity index is 1.76. The normalized spacial score (nSPS) is 11.7. The van der Waals surface area contributed by atoms with Gasteiger partial charge in [0.05, 0.1) is 11.8 Å². The fourth-order valence-corrected chi connectivity index (χ4v) is 4.10. The topological polar surface area (TPSA) is 88.9 Å². The van der Waals surface area contributed by atoms with Crippen molar-refractivity contribution in [3.05, 3.63) is 84.7 Å². The van der Waals surface area contributed by atoms with Gasteiger partial charge in [0, 0.05) is 17.8 Å². The van der Waals surface area contributed by atoms with Crippen molar-refractivity contribution in [3.8, 4) is 0 Å². The predicted molar refractivity (Wildman–Crippen MR) is 132 cm³/mol. The second-order valence-corrected chi connectivity index (χ2v) is 8.91. The highest BCUT2D eigenvalue weighted by Gasteiger charge is 2.24. The Morgan fingerprint density at radius 1 is 1.06 bits per heavy atom. The van der Waals surface area contributed by atoms with E-state index in [2.05, 4.69) is 41.3 Å². The van der Waals surface area contributed by atoms with Crippen LogP contribution in [0.1, 0.15) is 42.5 Å². The Hall–Kier alpha value is -3.39. The predicted octanol–water partition coefficient (Wildman–Crippen LogP) is 4.71. The SMILES string of the molecule is C=CCn1c(SCC(=O)Nc2ccccc2)nnc1C(CC(C)C)NC(=O)c1ccccc1. The Morgan fingerprint density at radius 3 is 2.36 bits per heavy atom. The van der Waals surface area contributed by atoms with E-state index in [0.29, 0.717) is 35.4 Å². The maximum atomic E-state index is 12.8. The van der Waals surface area contributed by atoms with Crippen LogP contribution in [0, 0.1) is 5.92 Å². The number of allylic oxidation sites excluding steroid dienone is 1. The molecule has 0 saturated heterocycles. The molecule has 0 aliphatic heterocycles. The molecule has 0 bridgehead atoms. The van der Waals surface area contributed by atoms with Crippen LogP contribution in [0.3, 0.4) is 0 Å². The molecular formula is C25H29N5O2S. The molecule has 0 radical (unpaired) electrons. The minimum atomic E-state index is -0.322. The third kappa shape index (κ3) is 7.05. The summed E-state index contributed by atoms with van der Waals surface area (Å²) < 4.78 is 1.91. The van der Waals surface area contributed by atoms with Crippen molar-refractivity contribution >= 4 is 29.3 Å². The molecular weight excluding hydrogens is 434 g/mol. The molecule has 3 rings (SSSR count). The van der Waals surface area contributed by atoms with E-state index in [4.69, 9.17) is 0 Å². The minimum Gasteiger partial charge on any atom is -0.342 e. The van der Waals surface area contributed by atoms with E-state index in [9.17, 15) is 9.59 Å². The van der Waals surface area contributed by atoms with Crippen LogP contribution in [0.2, 0.25) is 0 Å². The van der Waals surface area contributed by atoms with Gasteiger partial charge in [-0.25, -0.2) is 0 Å². The van der Waals surface area contributed by atoms with Gasteiger partial charge in [-0.1, -0.05) is 68.1 Å². The van der Waals surface area contributed by atoms with Gasteiger partial charge >= 0.3 is 0 Å². The van der Waals surface area contributed by atoms with Gasteiger partial charge in [0.2, 0.25) is 5.91 Å². The van der Waals surface area contributed by atoms with Crippen LogP contribution in [-0.2, 0) is 11.3 Å². The van der Waals surface area contributed by atoms with E-state index >= 15 is 0 Å².